The Morgan fingerprint density at radius 3 is 2.71 bits per heavy atom. The number of nitrogens with one attached hydrogen (secondary N) is 1. The smallest absolute Gasteiger partial charge is 0.295 e. The average molecular weight is 360 g/mol. The van der Waals surface area contributed by atoms with Crippen molar-refractivity contribution in [3.8, 4) is 0 Å². The SMILES string of the molecule is CCN1CCC(CNc2cc(Br)c(F)cc2[N+](=O)[O-])CC1. The van der Waals surface area contributed by atoms with Gasteiger partial charge < -0.3 is 10.2 Å². The molecule has 116 valence electrons. The maximum atomic E-state index is 13.4. The molecule has 1 aliphatic rings. The van der Waals surface area contributed by atoms with Gasteiger partial charge in [-0.2, -0.15) is 0 Å². The van der Waals surface area contributed by atoms with E-state index in [-0.39, 0.29) is 10.2 Å². The molecule has 0 atom stereocenters. The molecule has 2 rings (SSSR count). The van der Waals surface area contributed by atoms with E-state index in [1.807, 2.05) is 0 Å². The molecule has 0 bridgehead atoms. The topological polar surface area (TPSA) is 58.4 Å². The quantitative estimate of drug-likeness (QED) is 0.643. The van der Waals surface area contributed by atoms with Crippen LogP contribution in [0.1, 0.15) is 19.8 Å². The molecule has 0 aromatic heterocycles. The molecule has 21 heavy (non-hydrogen) atoms. The van der Waals surface area contributed by atoms with Gasteiger partial charge in [0.25, 0.3) is 5.69 Å². The van der Waals surface area contributed by atoms with Crippen molar-refractivity contribution in [1.82, 2.24) is 4.90 Å². The minimum absolute atomic E-state index is 0.221. The van der Waals surface area contributed by atoms with E-state index in [9.17, 15) is 14.5 Å². The first kappa shape index (κ1) is 16.2. The fourth-order valence-corrected chi connectivity index (χ4v) is 2.93. The molecule has 0 spiro atoms. The van der Waals surface area contributed by atoms with Crippen molar-refractivity contribution in [2.45, 2.75) is 19.8 Å². The van der Waals surface area contributed by atoms with Crippen LogP contribution in [-0.4, -0.2) is 36.0 Å². The highest BCUT2D eigenvalue weighted by Crippen LogP contribution is 2.31. The summed E-state index contributed by atoms with van der Waals surface area (Å²) in [5.41, 5.74) is 0.146. The van der Waals surface area contributed by atoms with Crippen molar-refractivity contribution in [2.75, 3.05) is 31.5 Å². The van der Waals surface area contributed by atoms with Crippen molar-refractivity contribution in [3.63, 3.8) is 0 Å². The molecular formula is C14H19BrFN3O2. The Morgan fingerprint density at radius 2 is 2.14 bits per heavy atom. The first-order valence-electron chi connectivity index (χ1n) is 7.11. The van der Waals surface area contributed by atoms with Crippen LogP contribution in [0.3, 0.4) is 0 Å². The van der Waals surface area contributed by atoms with Crippen molar-refractivity contribution < 1.29 is 9.31 Å². The van der Waals surface area contributed by atoms with Gasteiger partial charge in [0, 0.05) is 6.54 Å². The summed E-state index contributed by atoms with van der Waals surface area (Å²) in [6, 6.07) is 2.39. The number of rotatable bonds is 5. The zero-order valence-corrected chi connectivity index (χ0v) is 13.5. The molecule has 1 aliphatic heterocycles. The number of nitro groups is 1. The summed E-state index contributed by atoms with van der Waals surface area (Å²) in [5.74, 6) is -0.125. The summed E-state index contributed by atoms with van der Waals surface area (Å²) in [7, 11) is 0. The lowest BCUT2D eigenvalue weighted by molar-refractivity contribution is -0.384. The van der Waals surface area contributed by atoms with Gasteiger partial charge in [0.2, 0.25) is 0 Å². The van der Waals surface area contributed by atoms with E-state index in [4.69, 9.17) is 0 Å². The zero-order chi connectivity index (χ0) is 15.4. The van der Waals surface area contributed by atoms with Crippen LogP contribution in [-0.2, 0) is 0 Å². The molecule has 1 heterocycles. The predicted octanol–water partition coefficient (Wildman–Crippen LogP) is 3.64. The summed E-state index contributed by atoms with van der Waals surface area (Å²) < 4.78 is 13.6. The first-order chi connectivity index (χ1) is 10.0. The Balaban J connectivity index is 2.00. The van der Waals surface area contributed by atoms with E-state index in [0.29, 0.717) is 18.2 Å². The van der Waals surface area contributed by atoms with E-state index < -0.39 is 10.7 Å². The molecule has 7 heteroatoms. The molecular weight excluding hydrogens is 341 g/mol. The van der Waals surface area contributed by atoms with Crippen molar-refractivity contribution in [3.05, 3.63) is 32.5 Å². The lowest BCUT2D eigenvalue weighted by atomic mass is 9.96. The lowest BCUT2D eigenvalue weighted by Crippen LogP contribution is -2.35. The van der Waals surface area contributed by atoms with Gasteiger partial charge in [0.1, 0.15) is 11.5 Å². The van der Waals surface area contributed by atoms with Gasteiger partial charge in [-0.15, -0.1) is 0 Å². The van der Waals surface area contributed by atoms with Crippen LogP contribution in [0, 0.1) is 21.8 Å². The van der Waals surface area contributed by atoms with Gasteiger partial charge >= 0.3 is 0 Å². The largest absolute Gasteiger partial charge is 0.379 e. The number of hydrogen-bond donors (Lipinski definition) is 1. The van der Waals surface area contributed by atoms with Crippen molar-refractivity contribution >= 4 is 27.3 Å². The molecule has 1 fully saturated rings. The van der Waals surface area contributed by atoms with E-state index >= 15 is 0 Å². The average Bonchev–Trinajstić information content (AvgIpc) is 2.48. The second-order valence-electron chi connectivity index (χ2n) is 5.30. The molecule has 0 saturated carbocycles. The summed E-state index contributed by atoms with van der Waals surface area (Å²) in [6.45, 7) is 6.03. The Bertz CT molecular complexity index is 519. The standard InChI is InChI=1S/C14H19BrFN3O2/c1-2-18-5-3-10(4-6-18)9-17-13-7-11(15)12(16)8-14(13)19(20)21/h7-8,10,17H,2-6,9H2,1H3. The number of piperidine rings is 1. The number of nitrogens with zero attached hydrogens (tertiary/aromatic N) is 2. The fraction of sp³-hybridized carbons (Fsp3) is 0.571. The van der Waals surface area contributed by atoms with Gasteiger partial charge in [0.15, 0.2) is 0 Å². The van der Waals surface area contributed by atoms with Gasteiger partial charge in [0.05, 0.1) is 15.5 Å². The Hall–Kier alpha value is -1.21. The molecule has 1 aromatic rings. The second-order valence-corrected chi connectivity index (χ2v) is 6.15. The molecule has 0 radical (unpaired) electrons. The minimum atomic E-state index is -0.622. The fourth-order valence-electron chi connectivity index (χ4n) is 2.59. The van der Waals surface area contributed by atoms with Gasteiger partial charge in [-0.3, -0.25) is 10.1 Å². The number of anilines is 1. The van der Waals surface area contributed by atoms with Gasteiger partial charge in [-0.25, -0.2) is 4.39 Å². The third-order valence-corrected chi connectivity index (χ3v) is 4.58. The number of benzene rings is 1. The number of likely N-dealkylation sites (tertiary alicyclic amines) is 1. The molecule has 0 amide bonds. The van der Waals surface area contributed by atoms with E-state index in [0.717, 1.165) is 38.5 Å². The molecule has 1 aromatic carbocycles. The van der Waals surface area contributed by atoms with Crippen LogP contribution in [0.2, 0.25) is 0 Å². The second kappa shape index (κ2) is 7.17. The maximum Gasteiger partial charge on any atom is 0.295 e. The van der Waals surface area contributed by atoms with E-state index in [1.165, 1.54) is 6.07 Å². The van der Waals surface area contributed by atoms with Crippen LogP contribution in [0.5, 0.6) is 0 Å². The van der Waals surface area contributed by atoms with E-state index in [1.54, 1.807) is 0 Å². The molecule has 0 unspecified atom stereocenters. The summed E-state index contributed by atoms with van der Waals surface area (Å²) in [4.78, 5) is 12.8. The Morgan fingerprint density at radius 1 is 1.48 bits per heavy atom. The van der Waals surface area contributed by atoms with Crippen LogP contribution in [0.15, 0.2) is 16.6 Å². The molecule has 1 saturated heterocycles. The van der Waals surface area contributed by atoms with Crippen LogP contribution in [0.25, 0.3) is 0 Å². The van der Waals surface area contributed by atoms with Crippen LogP contribution in [0.4, 0.5) is 15.8 Å². The van der Waals surface area contributed by atoms with Crippen LogP contribution >= 0.6 is 15.9 Å². The number of nitro benzene ring substituents is 1. The maximum absolute atomic E-state index is 13.4. The Kier molecular flexibility index (Phi) is 5.52. The normalized spacial score (nSPS) is 16.9. The number of hydrogen-bond acceptors (Lipinski definition) is 4. The predicted molar refractivity (Wildman–Crippen MR) is 84.1 cm³/mol. The highest BCUT2D eigenvalue weighted by molar-refractivity contribution is 9.10. The van der Waals surface area contributed by atoms with E-state index in [2.05, 4.69) is 33.1 Å². The van der Waals surface area contributed by atoms with Crippen molar-refractivity contribution in [2.24, 2.45) is 5.92 Å². The third-order valence-electron chi connectivity index (χ3n) is 3.97. The summed E-state index contributed by atoms with van der Waals surface area (Å²) >= 11 is 3.07. The summed E-state index contributed by atoms with van der Waals surface area (Å²) in [6.07, 6.45) is 2.16. The summed E-state index contributed by atoms with van der Waals surface area (Å²) in [5, 5.41) is 14.1. The third kappa shape index (κ3) is 4.14. The van der Waals surface area contributed by atoms with Gasteiger partial charge in [-0.05, 0) is 60.4 Å². The highest BCUT2D eigenvalue weighted by Gasteiger charge is 2.21. The number of halogens is 2. The highest BCUT2D eigenvalue weighted by atomic mass is 79.9. The minimum Gasteiger partial charge on any atom is -0.379 e. The lowest BCUT2D eigenvalue weighted by Gasteiger charge is -2.31. The van der Waals surface area contributed by atoms with Gasteiger partial charge in [-0.1, -0.05) is 6.92 Å². The van der Waals surface area contributed by atoms with Crippen molar-refractivity contribution in [1.29, 1.82) is 0 Å². The van der Waals surface area contributed by atoms with Crippen LogP contribution < -0.4 is 5.32 Å². The molecule has 0 aliphatic carbocycles. The monoisotopic (exact) mass is 359 g/mol. The molecule has 5 nitrogen and oxygen atoms in total. The first-order valence-corrected chi connectivity index (χ1v) is 7.90. The Labute approximate surface area is 131 Å². The zero-order valence-electron chi connectivity index (χ0n) is 11.9. The molecule has 1 N–H and O–H groups in total.